The minimum atomic E-state index is -0.947. The van der Waals surface area contributed by atoms with Gasteiger partial charge in [0, 0.05) is 23.5 Å². The number of aromatic nitrogens is 1. The Morgan fingerprint density at radius 3 is 2.61 bits per heavy atom. The van der Waals surface area contributed by atoms with Crippen molar-refractivity contribution in [2.45, 2.75) is 20.4 Å². The predicted octanol–water partition coefficient (Wildman–Crippen LogP) is 1.50. The van der Waals surface area contributed by atoms with E-state index in [0.717, 1.165) is 5.39 Å². The molecule has 120 valence electrons. The van der Waals surface area contributed by atoms with Crippen LogP contribution < -0.4 is 10.9 Å². The molecule has 6 heteroatoms. The fraction of sp³-hybridized carbons (Fsp3) is 0.353. The molecular weight excluding hydrogens is 296 g/mol. The molecule has 1 saturated carbocycles. The number of amides is 1. The van der Waals surface area contributed by atoms with Crippen molar-refractivity contribution in [2.24, 2.45) is 17.3 Å². The van der Waals surface area contributed by atoms with Gasteiger partial charge in [0.15, 0.2) is 0 Å². The van der Waals surface area contributed by atoms with E-state index in [4.69, 9.17) is 5.11 Å². The molecule has 3 N–H and O–H groups in total. The molecule has 23 heavy (non-hydrogen) atoms. The lowest BCUT2D eigenvalue weighted by atomic mass is 10.1. The Kier molecular flexibility index (Phi) is 3.47. The van der Waals surface area contributed by atoms with Crippen molar-refractivity contribution in [3.63, 3.8) is 0 Å². The maximum atomic E-state index is 12.3. The highest BCUT2D eigenvalue weighted by Crippen LogP contribution is 2.58. The van der Waals surface area contributed by atoms with Gasteiger partial charge in [-0.15, -0.1) is 0 Å². The molecule has 0 unspecified atom stereocenters. The first-order valence-electron chi connectivity index (χ1n) is 7.44. The molecule has 6 nitrogen and oxygen atoms in total. The second-order valence-corrected chi connectivity index (χ2v) is 6.54. The minimum absolute atomic E-state index is 0.197. The zero-order valence-electron chi connectivity index (χ0n) is 12.9. The van der Waals surface area contributed by atoms with Gasteiger partial charge < -0.3 is 15.4 Å². The predicted molar refractivity (Wildman–Crippen MR) is 84.8 cm³/mol. The average molecular weight is 314 g/mol. The number of hydrogen-bond donors (Lipinski definition) is 3. The molecule has 0 aliphatic heterocycles. The number of carboxylic acids is 1. The lowest BCUT2D eigenvalue weighted by Gasteiger charge is -2.09. The number of hydrogen-bond acceptors (Lipinski definition) is 3. The van der Waals surface area contributed by atoms with Gasteiger partial charge in [0.2, 0.25) is 11.5 Å². The second kappa shape index (κ2) is 5.22. The summed E-state index contributed by atoms with van der Waals surface area (Å²) in [5.74, 6) is -2.42. The lowest BCUT2D eigenvalue weighted by Crippen LogP contribution is -2.27. The Balaban J connectivity index is 1.78. The van der Waals surface area contributed by atoms with E-state index in [-0.39, 0.29) is 18.0 Å². The van der Waals surface area contributed by atoms with Gasteiger partial charge in [-0.1, -0.05) is 32.0 Å². The quantitative estimate of drug-likeness (QED) is 0.796. The van der Waals surface area contributed by atoms with E-state index in [9.17, 15) is 14.4 Å². The molecule has 1 aliphatic rings. The Bertz CT molecular complexity index is 853. The number of rotatable bonds is 4. The van der Waals surface area contributed by atoms with E-state index in [0.29, 0.717) is 11.1 Å². The number of fused-ring (bicyclic) bond motifs is 1. The van der Waals surface area contributed by atoms with Crippen molar-refractivity contribution in [2.75, 3.05) is 0 Å². The molecule has 1 aromatic heterocycles. The van der Waals surface area contributed by atoms with Crippen LogP contribution in [0.15, 0.2) is 35.1 Å². The number of carbonyl (C=O) groups excluding carboxylic acids is 1. The summed E-state index contributed by atoms with van der Waals surface area (Å²) in [6, 6.07) is 8.80. The van der Waals surface area contributed by atoms with Gasteiger partial charge in [-0.2, -0.15) is 0 Å². The summed E-state index contributed by atoms with van der Waals surface area (Å²) in [5, 5.41) is 12.8. The molecule has 0 bridgehead atoms. The van der Waals surface area contributed by atoms with Crippen LogP contribution in [0.5, 0.6) is 0 Å². The third-order valence-electron chi connectivity index (χ3n) is 4.67. The molecule has 1 aliphatic carbocycles. The smallest absolute Gasteiger partial charge is 0.307 e. The minimum Gasteiger partial charge on any atom is -0.481 e. The van der Waals surface area contributed by atoms with Crippen LogP contribution in [-0.4, -0.2) is 22.0 Å². The van der Waals surface area contributed by atoms with Crippen molar-refractivity contribution >= 4 is 22.8 Å². The third kappa shape index (κ3) is 2.60. The molecule has 0 spiro atoms. The maximum Gasteiger partial charge on any atom is 0.307 e. The van der Waals surface area contributed by atoms with Crippen molar-refractivity contribution < 1.29 is 14.7 Å². The number of nitrogens with one attached hydrogen (secondary N) is 2. The monoisotopic (exact) mass is 314 g/mol. The number of carboxylic acid groups (broad SMARTS) is 1. The zero-order valence-corrected chi connectivity index (χ0v) is 12.9. The van der Waals surface area contributed by atoms with Crippen LogP contribution in [0.1, 0.15) is 19.4 Å². The van der Waals surface area contributed by atoms with Gasteiger partial charge in [-0.3, -0.25) is 14.4 Å². The van der Waals surface area contributed by atoms with Crippen LogP contribution in [0.3, 0.4) is 0 Å². The molecule has 1 amide bonds. The van der Waals surface area contributed by atoms with E-state index in [2.05, 4.69) is 10.3 Å². The number of aromatic amines is 1. The van der Waals surface area contributed by atoms with E-state index < -0.39 is 23.2 Å². The average Bonchev–Trinajstić information content (AvgIpc) is 3.07. The number of aliphatic carboxylic acids is 1. The van der Waals surface area contributed by atoms with Crippen molar-refractivity contribution in [1.82, 2.24) is 10.3 Å². The molecule has 2 aromatic rings. The van der Waals surface area contributed by atoms with E-state index >= 15 is 0 Å². The summed E-state index contributed by atoms with van der Waals surface area (Å²) >= 11 is 0. The van der Waals surface area contributed by atoms with Gasteiger partial charge in [0.1, 0.15) is 0 Å². The van der Waals surface area contributed by atoms with Gasteiger partial charge in [-0.05, 0) is 17.0 Å². The number of benzene rings is 1. The SMILES string of the molecule is CC1(C)[C@H](C(=O)O)[C@@H]1C(=O)NCc1cc(=O)[nH]c2ccccc12. The van der Waals surface area contributed by atoms with Crippen LogP contribution in [-0.2, 0) is 16.1 Å². The normalized spacial score (nSPS) is 21.8. The highest BCUT2D eigenvalue weighted by Gasteiger charge is 2.65. The van der Waals surface area contributed by atoms with Crippen molar-refractivity contribution in [3.8, 4) is 0 Å². The largest absolute Gasteiger partial charge is 0.481 e. The molecule has 2 atom stereocenters. The summed E-state index contributed by atoms with van der Waals surface area (Å²) in [5.41, 5.74) is 0.650. The molecule has 0 radical (unpaired) electrons. The number of pyridine rings is 1. The number of carbonyl (C=O) groups is 2. The van der Waals surface area contributed by atoms with Gasteiger partial charge in [0.05, 0.1) is 11.8 Å². The molecule has 1 fully saturated rings. The summed E-state index contributed by atoms with van der Waals surface area (Å²) in [6.07, 6.45) is 0. The van der Waals surface area contributed by atoms with Gasteiger partial charge in [-0.25, -0.2) is 0 Å². The zero-order chi connectivity index (χ0) is 16.8. The molecular formula is C17H18N2O4. The molecule has 0 saturated heterocycles. The highest BCUT2D eigenvalue weighted by atomic mass is 16.4. The molecule has 1 aromatic carbocycles. The molecule has 3 rings (SSSR count). The van der Waals surface area contributed by atoms with Crippen LogP contribution in [0.4, 0.5) is 0 Å². The highest BCUT2D eigenvalue weighted by molar-refractivity contribution is 5.92. The first-order chi connectivity index (χ1) is 10.8. The van der Waals surface area contributed by atoms with Crippen molar-refractivity contribution in [3.05, 3.63) is 46.2 Å². The van der Waals surface area contributed by atoms with Crippen molar-refractivity contribution in [1.29, 1.82) is 0 Å². The van der Waals surface area contributed by atoms with Crippen LogP contribution in [0, 0.1) is 17.3 Å². The first-order valence-corrected chi connectivity index (χ1v) is 7.44. The molecule has 1 heterocycles. The maximum absolute atomic E-state index is 12.3. The number of para-hydroxylation sites is 1. The van der Waals surface area contributed by atoms with Gasteiger partial charge in [0.25, 0.3) is 0 Å². The lowest BCUT2D eigenvalue weighted by molar-refractivity contribution is -0.140. The van der Waals surface area contributed by atoms with Gasteiger partial charge >= 0.3 is 5.97 Å². The summed E-state index contributed by atoms with van der Waals surface area (Å²) < 4.78 is 0. The fourth-order valence-corrected chi connectivity index (χ4v) is 3.30. The van der Waals surface area contributed by atoms with Crippen LogP contribution in [0.25, 0.3) is 10.9 Å². The number of H-pyrrole nitrogens is 1. The Morgan fingerprint density at radius 1 is 1.26 bits per heavy atom. The summed E-state index contributed by atoms with van der Waals surface area (Å²) in [4.78, 5) is 37.9. The fourth-order valence-electron chi connectivity index (χ4n) is 3.30. The van der Waals surface area contributed by atoms with E-state index in [1.54, 1.807) is 19.9 Å². The Morgan fingerprint density at radius 2 is 1.96 bits per heavy atom. The van der Waals surface area contributed by atoms with E-state index in [1.807, 2.05) is 18.2 Å². The van der Waals surface area contributed by atoms with Crippen LogP contribution >= 0.6 is 0 Å². The standard InChI is InChI=1S/C17H18N2O4/c1-17(2)13(14(17)16(22)23)15(21)18-8-9-7-12(20)19-11-6-4-3-5-10(9)11/h3-7,13-14H,8H2,1-2H3,(H,18,21)(H,19,20)(H,22,23)/t13-,14+/m1/s1. The van der Waals surface area contributed by atoms with Crippen LogP contribution in [0.2, 0.25) is 0 Å². The first kappa shape index (κ1) is 15.3. The Hall–Kier alpha value is -2.63. The summed E-state index contributed by atoms with van der Waals surface area (Å²) in [6.45, 7) is 3.75. The third-order valence-corrected chi connectivity index (χ3v) is 4.67. The van der Waals surface area contributed by atoms with E-state index in [1.165, 1.54) is 6.07 Å². The Labute approximate surface area is 132 Å². The second-order valence-electron chi connectivity index (χ2n) is 6.54. The topological polar surface area (TPSA) is 99.3 Å². The summed E-state index contributed by atoms with van der Waals surface area (Å²) in [7, 11) is 0.